The Balaban J connectivity index is 1.40. The molecule has 22 heavy (non-hydrogen) atoms. The van der Waals surface area contributed by atoms with Crippen LogP contribution in [0.5, 0.6) is 0 Å². The third-order valence-electron chi connectivity index (χ3n) is 5.21. The Labute approximate surface area is 131 Å². The molecule has 0 aliphatic carbocycles. The summed E-state index contributed by atoms with van der Waals surface area (Å²) in [6, 6.07) is 2.48. The Morgan fingerprint density at radius 2 is 1.91 bits per heavy atom. The van der Waals surface area contributed by atoms with Crippen LogP contribution in [0.3, 0.4) is 0 Å². The number of hydrogen-bond acceptors (Lipinski definition) is 6. The van der Waals surface area contributed by atoms with Crippen LogP contribution in [0.2, 0.25) is 0 Å². The molecule has 6 nitrogen and oxygen atoms in total. The van der Waals surface area contributed by atoms with Crippen LogP contribution in [0.15, 0.2) is 18.5 Å². The number of rotatable bonds is 2. The highest BCUT2D eigenvalue weighted by Gasteiger charge is 2.41. The lowest BCUT2D eigenvalue weighted by Crippen LogP contribution is -2.58. The van der Waals surface area contributed by atoms with Crippen LogP contribution in [0.25, 0.3) is 0 Å². The van der Waals surface area contributed by atoms with E-state index in [0.717, 1.165) is 64.8 Å². The molecule has 3 saturated heterocycles. The van der Waals surface area contributed by atoms with Gasteiger partial charge in [-0.3, -0.25) is 4.90 Å². The first-order chi connectivity index (χ1) is 10.8. The maximum Gasteiger partial charge on any atom is 0.225 e. The van der Waals surface area contributed by atoms with Gasteiger partial charge in [0.2, 0.25) is 5.95 Å². The van der Waals surface area contributed by atoms with E-state index in [0.29, 0.717) is 6.04 Å². The number of morpholine rings is 1. The van der Waals surface area contributed by atoms with Gasteiger partial charge < -0.3 is 14.4 Å². The molecule has 1 aromatic rings. The van der Waals surface area contributed by atoms with Crippen molar-refractivity contribution in [1.29, 1.82) is 0 Å². The Morgan fingerprint density at radius 3 is 2.64 bits per heavy atom. The number of aromatic nitrogens is 2. The van der Waals surface area contributed by atoms with Gasteiger partial charge in [-0.25, -0.2) is 9.97 Å². The van der Waals surface area contributed by atoms with Crippen LogP contribution in [-0.4, -0.2) is 72.5 Å². The first-order valence-corrected chi connectivity index (χ1v) is 8.32. The zero-order chi connectivity index (χ0) is 14.8. The van der Waals surface area contributed by atoms with Crippen LogP contribution in [0, 0.1) is 0 Å². The predicted molar refractivity (Wildman–Crippen MR) is 83.0 cm³/mol. The first kappa shape index (κ1) is 14.4. The number of likely N-dealkylation sites (tertiary alicyclic amines) is 1. The Kier molecular flexibility index (Phi) is 3.98. The van der Waals surface area contributed by atoms with E-state index in [1.807, 2.05) is 18.5 Å². The molecule has 1 atom stereocenters. The Bertz CT molecular complexity index is 484. The summed E-state index contributed by atoms with van der Waals surface area (Å²) in [6.07, 6.45) is 6.98. The Hall–Kier alpha value is -1.24. The molecule has 4 rings (SSSR count). The fourth-order valence-corrected chi connectivity index (χ4v) is 3.88. The van der Waals surface area contributed by atoms with Crippen LogP contribution < -0.4 is 4.90 Å². The molecule has 0 N–H and O–H groups in total. The smallest absolute Gasteiger partial charge is 0.225 e. The third-order valence-corrected chi connectivity index (χ3v) is 5.21. The van der Waals surface area contributed by atoms with Crippen molar-refractivity contribution < 1.29 is 9.47 Å². The molecule has 120 valence electrons. The van der Waals surface area contributed by atoms with Crippen LogP contribution in [-0.2, 0) is 9.47 Å². The zero-order valence-electron chi connectivity index (χ0n) is 13.0. The van der Waals surface area contributed by atoms with E-state index in [1.165, 1.54) is 6.42 Å². The van der Waals surface area contributed by atoms with E-state index in [2.05, 4.69) is 19.8 Å². The van der Waals surface area contributed by atoms with E-state index in [1.54, 1.807) is 0 Å². The zero-order valence-corrected chi connectivity index (χ0v) is 13.0. The molecule has 0 amide bonds. The van der Waals surface area contributed by atoms with Crippen molar-refractivity contribution in [3.63, 3.8) is 0 Å². The molecule has 3 aliphatic rings. The monoisotopic (exact) mass is 304 g/mol. The molecule has 1 aromatic heterocycles. The molecule has 0 saturated carbocycles. The van der Waals surface area contributed by atoms with Gasteiger partial charge in [0.25, 0.3) is 0 Å². The van der Waals surface area contributed by atoms with Gasteiger partial charge in [0.1, 0.15) is 0 Å². The first-order valence-electron chi connectivity index (χ1n) is 8.32. The lowest BCUT2D eigenvalue weighted by atomic mass is 9.88. The van der Waals surface area contributed by atoms with Gasteiger partial charge in [0.05, 0.1) is 25.4 Å². The highest BCUT2D eigenvalue weighted by molar-refractivity contribution is 5.30. The molecule has 0 bridgehead atoms. The molecule has 3 fully saturated rings. The van der Waals surface area contributed by atoms with Crippen molar-refractivity contribution in [2.24, 2.45) is 0 Å². The minimum Gasteiger partial charge on any atom is -0.380 e. The van der Waals surface area contributed by atoms with Crippen molar-refractivity contribution in [1.82, 2.24) is 14.9 Å². The molecule has 3 aliphatic heterocycles. The van der Waals surface area contributed by atoms with E-state index in [4.69, 9.17) is 9.47 Å². The summed E-state index contributed by atoms with van der Waals surface area (Å²) in [7, 11) is 0. The van der Waals surface area contributed by atoms with Crippen LogP contribution >= 0.6 is 0 Å². The van der Waals surface area contributed by atoms with Gasteiger partial charge in [-0.1, -0.05) is 0 Å². The van der Waals surface area contributed by atoms with Crippen molar-refractivity contribution in [2.45, 2.75) is 30.9 Å². The maximum absolute atomic E-state index is 6.21. The Morgan fingerprint density at radius 1 is 1.09 bits per heavy atom. The lowest BCUT2D eigenvalue weighted by molar-refractivity contribution is -0.0962. The van der Waals surface area contributed by atoms with Crippen LogP contribution in [0.1, 0.15) is 19.3 Å². The highest BCUT2D eigenvalue weighted by atomic mass is 16.5. The van der Waals surface area contributed by atoms with Crippen molar-refractivity contribution >= 4 is 5.95 Å². The summed E-state index contributed by atoms with van der Waals surface area (Å²) in [5.74, 6) is 0.830. The highest BCUT2D eigenvalue weighted by Crippen LogP contribution is 2.32. The third kappa shape index (κ3) is 2.83. The van der Waals surface area contributed by atoms with Gasteiger partial charge in [-0.05, 0) is 25.3 Å². The average Bonchev–Trinajstić information content (AvgIpc) is 3.11. The normalized spacial score (nSPS) is 29.1. The summed E-state index contributed by atoms with van der Waals surface area (Å²) in [4.78, 5) is 13.6. The van der Waals surface area contributed by atoms with Crippen molar-refractivity contribution in [3.8, 4) is 0 Å². The summed E-state index contributed by atoms with van der Waals surface area (Å²) < 4.78 is 11.7. The molecule has 4 heterocycles. The lowest BCUT2D eigenvalue weighted by Gasteiger charge is -2.48. The number of piperidine rings is 1. The van der Waals surface area contributed by atoms with Crippen molar-refractivity contribution in [3.05, 3.63) is 18.5 Å². The molecular formula is C16H24N4O2. The largest absolute Gasteiger partial charge is 0.380 e. The molecule has 0 unspecified atom stereocenters. The summed E-state index contributed by atoms with van der Waals surface area (Å²) >= 11 is 0. The van der Waals surface area contributed by atoms with E-state index >= 15 is 0 Å². The van der Waals surface area contributed by atoms with Gasteiger partial charge in [0.15, 0.2) is 0 Å². The predicted octanol–water partition coefficient (Wildman–Crippen LogP) is 0.937. The second-order valence-electron chi connectivity index (χ2n) is 6.56. The molecule has 0 aromatic carbocycles. The fourth-order valence-electron chi connectivity index (χ4n) is 3.88. The van der Waals surface area contributed by atoms with E-state index < -0.39 is 0 Å². The van der Waals surface area contributed by atoms with E-state index in [-0.39, 0.29) is 5.60 Å². The number of ether oxygens (including phenoxy) is 2. The summed E-state index contributed by atoms with van der Waals surface area (Å²) in [5.41, 5.74) is -0.0204. The maximum atomic E-state index is 6.21. The number of nitrogens with zero attached hydrogens (tertiary/aromatic N) is 4. The van der Waals surface area contributed by atoms with Gasteiger partial charge in [-0.2, -0.15) is 0 Å². The van der Waals surface area contributed by atoms with E-state index in [9.17, 15) is 0 Å². The van der Waals surface area contributed by atoms with Crippen molar-refractivity contribution in [2.75, 3.05) is 50.9 Å². The molecular weight excluding hydrogens is 280 g/mol. The van der Waals surface area contributed by atoms with Crippen LogP contribution in [0.4, 0.5) is 5.95 Å². The minimum atomic E-state index is -0.0204. The number of anilines is 1. The standard InChI is InChI=1S/C16H24N4O2/c1-5-17-15(18-6-1)20-9-11-22-16(13-20)3-7-19(8-4-16)14-2-10-21-12-14/h1,5-6,14H,2-4,7-13H2/t14-/m1/s1. The second-order valence-corrected chi connectivity index (χ2v) is 6.56. The quantitative estimate of drug-likeness (QED) is 0.810. The van der Waals surface area contributed by atoms with Gasteiger partial charge >= 0.3 is 0 Å². The number of hydrogen-bond donors (Lipinski definition) is 0. The second kappa shape index (κ2) is 6.10. The minimum absolute atomic E-state index is 0.0204. The summed E-state index contributed by atoms with van der Waals surface area (Å²) in [5, 5.41) is 0. The SMILES string of the molecule is c1cnc(N2CCOC3(CCN([C@@H]4CCOC4)CC3)C2)nc1. The average molecular weight is 304 g/mol. The molecule has 1 spiro atoms. The van der Waals surface area contributed by atoms with Gasteiger partial charge in [0, 0.05) is 44.7 Å². The topological polar surface area (TPSA) is 50.7 Å². The fraction of sp³-hybridized carbons (Fsp3) is 0.750. The van der Waals surface area contributed by atoms with Gasteiger partial charge in [-0.15, -0.1) is 0 Å². The summed E-state index contributed by atoms with van der Waals surface area (Å²) in [6.45, 7) is 6.59. The molecule has 6 heteroatoms. The molecule has 0 radical (unpaired) electrons.